The molecule has 0 spiro atoms. The normalized spacial score (nSPS) is 17.0. The highest BCUT2D eigenvalue weighted by atomic mass is 16.5. The third-order valence-corrected chi connectivity index (χ3v) is 7.38. The van der Waals surface area contributed by atoms with Gasteiger partial charge in [-0.05, 0) is 110 Å². The summed E-state index contributed by atoms with van der Waals surface area (Å²) in [6.45, 7) is 22.1. The van der Waals surface area contributed by atoms with Crippen molar-refractivity contribution in [1.29, 1.82) is 0 Å². The van der Waals surface area contributed by atoms with Gasteiger partial charge in [-0.25, -0.2) is 0 Å². The molecule has 0 saturated heterocycles. The first kappa shape index (κ1) is 39.6. The molecule has 0 aromatic heterocycles. The quantitative estimate of drug-likeness (QED) is 0.0978. The maximum Gasteiger partial charge on any atom is 0.0657 e. The number of ether oxygens (including phenoxy) is 1. The minimum atomic E-state index is -0.0894. The first-order chi connectivity index (χ1) is 19.8. The van der Waals surface area contributed by atoms with Crippen LogP contribution >= 0.6 is 0 Å². The Morgan fingerprint density at radius 1 is 0.667 bits per heavy atom. The van der Waals surface area contributed by atoms with Gasteiger partial charge in [-0.1, -0.05) is 136 Å². The van der Waals surface area contributed by atoms with Crippen molar-refractivity contribution >= 4 is 0 Å². The second-order valence-electron chi connectivity index (χ2n) is 13.3. The molecule has 1 nitrogen and oxygen atoms in total. The van der Waals surface area contributed by atoms with Crippen LogP contribution in [0.1, 0.15) is 114 Å². The molecule has 0 aliphatic heterocycles. The maximum atomic E-state index is 5.47. The second-order valence-corrected chi connectivity index (χ2v) is 13.3. The molecule has 0 aromatic rings. The van der Waals surface area contributed by atoms with Crippen molar-refractivity contribution in [3.05, 3.63) is 108 Å². The molecule has 0 rings (SSSR count). The van der Waals surface area contributed by atoms with E-state index in [9.17, 15) is 0 Å². The van der Waals surface area contributed by atoms with Gasteiger partial charge >= 0.3 is 0 Å². The average Bonchev–Trinajstić information content (AvgIpc) is 2.91. The van der Waals surface area contributed by atoms with E-state index in [0.29, 0.717) is 23.7 Å². The molecule has 0 aliphatic carbocycles. The Morgan fingerprint density at radius 3 is 1.93 bits per heavy atom. The molecule has 0 aliphatic rings. The second kappa shape index (κ2) is 24.1. The zero-order valence-electron chi connectivity index (χ0n) is 29.3. The van der Waals surface area contributed by atoms with Crippen LogP contribution in [-0.4, -0.2) is 12.7 Å². The Labute approximate surface area is 262 Å². The molecule has 1 heteroatoms. The van der Waals surface area contributed by atoms with Gasteiger partial charge in [-0.3, -0.25) is 0 Å². The molecule has 4 unspecified atom stereocenters. The highest BCUT2D eigenvalue weighted by Gasteiger charge is 2.13. The lowest BCUT2D eigenvalue weighted by Crippen LogP contribution is -2.20. The summed E-state index contributed by atoms with van der Waals surface area (Å²) in [5.74, 6) is 2.14. The van der Waals surface area contributed by atoms with Crippen molar-refractivity contribution in [1.82, 2.24) is 0 Å². The summed E-state index contributed by atoms with van der Waals surface area (Å²) in [5, 5.41) is 0. The summed E-state index contributed by atoms with van der Waals surface area (Å²) in [6, 6.07) is 0. The zero-order valence-corrected chi connectivity index (χ0v) is 29.3. The highest BCUT2D eigenvalue weighted by molar-refractivity contribution is 5.15. The Bertz CT molecular complexity index is 968. The van der Waals surface area contributed by atoms with Gasteiger partial charge < -0.3 is 4.74 Å². The molecule has 4 atom stereocenters. The van der Waals surface area contributed by atoms with E-state index in [1.165, 1.54) is 16.7 Å². The van der Waals surface area contributed by atoms with Crippen LogP contribution in [0.5, 0.6) is 0 Å². The standard InChI is InChI=1S/C41H66O/c1-34(2)20-14-23-37(5)26-17-29-38(6)27-15-24-35(3)21-12-13-22-36(4)25-16-28-39(7)30-18-31-40(8)32-19-33-41(9,10)42-11/h12-13,15-20,25-29,31-32,35-36,38,40H,14,21-24,30,33H2,1-11H3/b13-12+,25-16+,27-15+,29-17+,31-18+,32-19+,37-26+,39-28+. The van der Waals surface area contributed by atoms with Crippen LogP contribution in [0, 0.1) is 23.7 Å². The third-order valence-electron chi connectivity index (χ3n) is 7.38. The van der Waals surface area contributed by atoms with E-state index < -0.39 is 0 Å². The van der Waals surface area contributed by atoms with Crippen molar-refractivity contribution in [3.63, 3.8) is 0 Å². The lowest BCUT2D eigenvalue weighted by molar-refractivity contribution is 0.0254. The maximum absolute atomic E-state index is 5.47. The molecular weight excluding hydrogens is 508 g/mol. The SMILES string of the molecule is COC(C)(C)C/C=C/C(C)/C=C/C/C(C)=C/C=C/C(C)C/C=C/CC(C)C/C=C/C(C)/C=C/C=C(\C)CCC=C(C)C. The van der Waals surface area contributed by atoms with E-state index in [-0.39, 0.29) is 5.60 Å². The van der Waals surface area contributed by atoms with Gasteiger partial charge in [0.15, 0.2) is 0 Å². The van der Waals surface area contributed by atoms with Crippen LogP contribution in [0.3, 0.4) is 0 Å². The van der Waals surface area contributed by atoms with Gasteiger partial charge in [0.2, 0.25) is 0 Å². The summed E-state index contributed by atoms with van der Waals surface area (Å²) < 4.78 is 5.47. The predicted molar refractivity (Wildman–Crippen MR) is 192 cm³/mol. The number of allylic oxidation sites excluding steroid dienone is 17. The molecule has 0 amide bonds. The monoisotopic (exact) mass is 575 g/mol. The van der Waals surface area contributed by atoms with Crippen molar-refractivity contribution in [2.24, 2.45) is 23.7 Å². The number of hydrogen-bond acceptors (Lipinski definition) is 1. The lowest BCUT2D eigenvalue weighted by Gasteiger charge is -2.20. The van der Waals surface area contributed by atoms with Crippen molar-refractivity contribution in [2.45, 2.75) is 120 Å². The zero-order chi connectivity index (χ0) is 31.8. The predicted octanol–water partition coefficient (Wildman–Crippen LogP) is 12.9. The summed E-state index contributed by atoms with van der Waals surface area (Å²) in [6.07, 6.45) is 41.9. The van der Waals surface area contributed by atoms with Crippen LogP contribution in [0.4, 0.5) is 0 Å². The van der Waals surface area contributed by atoms with Gasteiger partial charge in [0, 0.05) is 7.11 Å². The minimum absolute atomic E-state index is 0.0894. The Kier molecular flexibility index (Phi) is 22.7. The van der Waals surface area contributed by atoms with E-state index >= 15 is 0 Å². The van der Waals surface area contributed by atoms with Crippen LogP contribution < -0.4 is 0 Å². The topological polar surface area (TPSA) is 9.23 Å². The average molecular weight is 575 g/mol. The van der Waals surface area contributed by atoms with Crippen molar-refractivity contribution in [3.8, 4) is 0 Å². The summed E-state index contributed by atoms with van der Waals surface area (Å²) in [7, 11) is 1.77. The summed E-state index contributed by atoms with van der Waals surface area (Å²) >= 11 is 0. The van der Waals surface area contributed by atoms with Gasteiger partial charge in [-0.2, -0.15) is 0 Å². The van der Waals surface area contributed by atoms with E-state index in [2.05, 4.69) is 160 Å². The summed E-state index contributed by atoms with van der Waals surface area (Å²) in [5.41, 5.74) is 4.14. The highest BCUT2D eigenvalue weighted by Crippen LogP contribution is 2.16. The number of rotatable bonds is 21. The Morgan fingerprint density at radius 2 is 1.24 bits per heavy atom. The largest absolute Gasteiger partial charge is 0.378 e. The van der Waals surface area contributed by atoms with E-state index in [1.54, 1.807) is 7.11 Å². The molecule has 42 heavy (non-hydrogen) atoms. The molecule has 0 bridgehead atoms. The Balaban J connectivity index is 4.29. The fourth-order valence-corrected chi connectivity index (χ4v) is 4.13. The molecule has 0 radical (unpaired) electrons. The molecular formula is C41H66O. The molecule has 0 fully saturated rings. The fraction of sp³-hybridized carbons (Fsp3) is 0.561. The molecule has 0 N–H and O–H groups in total. The van der Waals surface area contributed by atoms with Crippen molar-refractivity contribution < 1.29 is 4.74 Å². The molecule has 0 aromatic carbocycles. The lowest BCUT2D eigenvalue weighted by atomic mass is 10.0. The first-order valence-electron chi connectivity index (χ1n) is 16.4. The number of methoxy groups -OCH3 is 1. The van der Waals surface area contributed by atoms with E-state index in [0.717, 1.165) is 44.9 Å². The molecule has 236 valence electrons. The van der Waals surface area contributed by atoms with Crippen LogP contribution in [0.25, 0.3) is 0 Å². The summed E-state index contributed by atoms with van der Waals surface area (Å²) in [4.78, 5) is 0. The smallest absolute Gasteiger partial charge is 0.0657 e. The van der Waals surface area contributed by atoms with Gasteiger partial charge in [0.25, 0.3) is 0 Å². The fourth-order valence-electron chi connectivity index (χ4n) is 4.13. The van der Waals surface area contributed by atoms with Gasteiger partial charge in [-0.15, -0.1) is 0 Å². The molecule has 0 saturated carbocycles. The Hall–Kier alpha value is -2.38. The minimum Gasteiger partial charge on any atom is -0.378 e. The van der Waals surface area contributed by atoms with Crippen LogP contribution in [0.15, 0.2) is 108 Å². The van der Waals surface area contributed by atoms with E-state index in [1.807, 2.05) is 0 Å². The molecule has 0 heterocycles. The van der Waals surface area contributed by atoms with Gasteiger partial charge in [0.1, 0.15) is 0 Å². The number of hydrogen-bond donors (Lipinski definition) is 0. The van der Waals surface area contributed by atoms with Crippen LogP contribution in [-0.2, 0) is 4.74 Å². The van der Waals surface area contributed by atoms with E-state index in [4.69, 9.17) is 4.74 Å². The van der Waals surface area contributed by atoms with Gasteiger partial charge in [0.05, 0.1) is 5.60 Å². The van der Waals surface area contributed by atoms with Crippen molar-refractivity contribution in [2.75, 3.05) is 7.11 Å². The third kappa shape index (κ3) is 25.3. The first-order valence-corrected chi connectivity index (χ1v) is 16.4. The van der Waals surface area contributed by atoms with Crippen LogP contribution in [0.2, 0.25) is 0 Å².